The minimum atomic E-state index is -0.0286. The quantitative estimate of drug-likeness (QED) is 0.546. The molecule has 2 atom stereocenters. The summed E-state index contributed by atoms with van der Waals surface area (Å²) in [5.74, 6) is -0.00810. The fourth-order valence-corrected chi connectivity index (χ4v) is 1.98. The van der Waals surface area contributed by atoms with E-state index in [0.717, 1.165) is 12.8 Å². The van der Waals surface area contributed by atoms with E-state index in [9.17, 15) is 4.79 Å². The van der Waals surface area contributed by atoms with Crippen LogP contribution in [-0.4, -0.2) is 17.1 Å². The van der Waals surface area contributed by atoms with E-state index in [4.69, 9.17) is 12.2 Å². The lowest BCUT2D eigenvalue weighted by Gasteiger charge is -2.32. The summed E-state index contributed by atoms with van der Waals surface area (Å²) in [6.07, 6.45) is 4.49. The van der Waals surface area contributed by atoms with Gasteiger partial charge in [0.05, 0.1) is 5.92 Å². The van der Waals surface area contributed by atoms with E-state index in [1.54, 1.807) is 6.08 Å². The highest BCUT2D eigenvalue weighted by Crippen LogP contribution is 2.17. The summed E-state index contributed by atoms with van der Waals surface area (Å²) in [7, 11) is 0. The monoisotopic (exact) mass is 212 g/mol. The van der Waals surface area contributed by atoms with Crippen LogP contribution in [0.4, 0.5) is 0 Å². The van der Waals surface area contributed by atoms with Gasteiger partial charge in [0.1, 0.15) is 0 Å². The van der Waals surface area contributed by atoms with E-state index in [1.807, 2.05) is 0 Å². The predicted molar refractivity (Wildman–Crippen MR) is 60.9 cm³/mol. The number of allylic oxidation sites excluding steroid dienone is 1. The summed E-state index contributed by atoms with van der Waals surface area (Å²) in [6.45, 7) is 5.76. The standard InChI is InChI=1S/C10H16N2OS/c1-3-5-7-8(6-4-2)11-10(14)12-9(7)13/h3,7-8H,1,4-6H2,2H3,(H2,11,12,13,14). The second kappa shape index (κ2) is 5.10. The molecule has 1 aliphatic heterocycles. The van der Waals surface area contributed by atoms with Gasteiger partial charge >= 0.3 is 0 Å². The smallest absolute Gasteiger partial charge is 0.231 e. The third-order valence-corrected chi connectivity index (χ3v) is 2.62. The minimum absolute atomic E-state index is 0.0205. The SMILES string of the molecule is C=CCC1C(=O)NC(=S)NC1CCC. The van der Waals surface area contributed by atoms with E-state index in [0.29, 0.717) is 11.5 Å². The first-order valence-electron chi connectivity index (χ1n) is 4.91. The zero-order valence-electron chi connectivity index (χ0n) is 8.38. The van der Waals surface area contributed by atoms with E-state index in [-0.39, 0.29) is 17.9 Å². The van der Waals surface area contributed by atoms with Crippen LogP contribution in [-0.2, 0) is 4.79 Å². The van der Waals surface area contributed by atoms with Crippen LogP contribution in [0.3, 0.4) is 0 Å². The summed E-state index contributed by atoms with van der Waals surface area (Å²) in [5.41, 5.74) is 0. The summed E-state index contributed by atoms with van der Waals surface area (Å²) < 4.78 is 0. The maximum Gasteiger partial charge on any atom is 0.231 e. The Morgan fingerprint density at radius 1 is 1.64 bits per heavy atom. The zero-order chi connectivity index (χ0) is 10.6. The number of nitrogens with one attached hydrogen (secondary N) is 2. The summed E-state index contributed by atoms with van der Waals surface area (Å²) in [6, 6.07) is 0.166. The molecule has 0 aromatic rings. The number of carbonyl (C=O) groups excluding carboxylic acids is 1. The van der Waals surface area contributed by atoms with Gasteiger partial charge in [-0.05, 0) is 25.1 Å². The third-order valence-electron chi connectivity index (χ3n) is 2.40. The van der Waals surface area contributed by atoms with Crippen LogP contribution in [0.1, 0.15) is 26.2 Å². The van der Waals surface area contributed by atoms with Crippen LogP contribution in [0.2, 0.25) is 0 Å². The first-order valence-corrected chi connectivity index (χ1v) is 5.32. The van der Waals surface area contributed by atoms with Gasteiger partial charge in [0.25, 0.3) is 0 Å². The zero-order valence-corrected chi connectivity index (χ0v) is 9.19. The maximum atomic E-state index is 11.6. The van der Waals surface area contributed by atoms with Crippen molar-refractivity contribution in [2.75, 3.05) is 0 Å². The van der Waals surface area contributed by atoms with Crippen LogP contribution in [0.15, 0.2) is 12.7 Å². The van der Waals surface area contributed by atoms with E-state index < -0.39 is 0 Å². The van der Waals surface area contributed by atoms with Gasteiger partial charge in [-0.2, -0.15) is 0 Å². The van der Waals surface area contributed by atoms with Crippen molar-refractivity contribution in [2.45, 2.75) is 32.2 Å². The van der Waals surface area contributed by atoms with Gasteiger partial charge in [0.15, 0.2) is 5.11 Å². The molecule has 0 bridgehead atoms. The van der Waals surface area contributed by atoms with Gasteiger partial charge in [-0.1, -0.05) is 19.4 Å². The van der Waals surface area contributed by atoms with Crippen LogP contribution in [0.5, 0.6) is 0 Å². The lowest BCUT2D eigenvalue weighted by Crippen LogP contribution is -2.57. The van der Waals surface area contributed by atoms with E-state index >= 15 is 0 Å². The lowest BCUT2D eigenvalue weighted by molar-refractivity contribution is -0.125. The van der Waals surface area contributed by atoms with Crippen molar-refractivity contribution >= 4 is 23.2 Å². The molecule has 0 radical (unpaired) electrons. The van der Waals surface area contributed by atoms with Gasteiger partial charge in [-0.25, -0.2) is 0 Å². The molecule has 0 saturated carbocycles. The molecule has 0 aliphatic carbocycles. The van der Waals surface area contributed by atoms with Gasteiger partial charge in [0, 0.05) is 6.04 Å². The van der Waals surface area contributed by atoms with Crippen molar-refractivity contribution in [1.29, 1.82) is 0 Å². The largest absolute Gasteiger partial charge is 0.359 e. The van der Waals surface area contributed by atoms with Crippen LogP contribution >= 0.6 is 12.2 Å². The van der Waals surface area contributed by atoms with Crippen LogP contribution in [0.25, 0.3) is 0 Å². The molecule has 1 rings (SSSR count). The van der Waals surface area contributed by atoms with Crippen molar-refractivity contribution in [3.05, 3.63) is 12.7 Å². The fraction of sp³-hybridized carbons (Fsp3) is 0.600. The number of carbonyl (C=O) groups is 1. The molecule has 1 aliphatic rings. The molecule has 1 amide bonds. The average Bonchev–Trinajstić information content (AvgIpc) is 2.11. The second-order valence-electron chi connectivity index (χ2n) is 3.49. The number of rotatable bonds is 4. The first-order chi connectivity index (χ1) is 6.69. The van der Waals surface area contributed by atoms with Crippen molar-refractivity contribution in [3.63, 3.8) is 0 Å². The van der Waals surface area contributed by atoms with Gasteiger partial charge in [-0.15, -0.1) is 6.58 Å². The van der Waals surface area contributed by atoms with Gasteiger partial charge < -0.3 is 10.6 Å². The molecular weight excluding hydrogens is 196 g/mol. The molecule has 14 heavy (non-hydrogen) atoms. The molecule has 1 saturated heterocycles. The average molecular weight is 212 g/mol. The van der Waals surface area contributed by atoms with E-state index in [2.05, 4.69) is 24.1 Å². The molecule has 78 valence electrons. The summed E-state index contributed by atoms with van der Waals surface area (Å²) in [4.78, 5) is 11.6. The molecule has 1 heterocycles. The first kappa shape index (κ1) is 11.2. The molecule has 3 nitrogen and oxygen atoms in total. The minimum Gasteiger partial charge on any atom is -0.359 e. The molecule has 0 spiro atoms. The molecule has 1 fully saturated rings. The molecule has 2 unspecified atom stereocenters. The van der Waals surface area contributed by atoms with Crippen molar-refractivity contribution < 1.29 is 4.79 Å². The van der Waals surface area contributed by atoms with Crippen molar-refractivity contribution in [2.24, 2.45) is 5.92 Å². The van der Waals surface area contributed by atoms with Crippen molar-refractivity contribution in [3.8, 4) is 0 Å². The van der Waals surface area contributed by atoms with Gasteiger partial charge in [0.2, 0.25) is 5.91 Å². The molecule has 2 N–H and O–H groups in total. The third kappa shape index (κ3) is 2.54. The molecule has 0 aromatic heterocycles. The molecule has 0 aromatic carbocycles. The Morgan fingerprint density at radius 2 is 2.36 bits per heavy atom. The molecule has 4 heteroatoms. The number of hydrogen-bond donors (Lipinski definition) is 2. The Hall–Kier alpha value is -0.900. The highest BCUT2D eigenvalue weighted by molar-refractivity contribution is 7.80. The summed E-state index contributed by atoms with van der Waals surface area (Å²) in [5, 5.41) is 6.22. The topological polar surface area (TPSA) is 41.1 Å². The number of thiocarbonyl (C=S) groups is 1. The highest BCUT2D eigenvalue weighted by Gasteiger charge is 2.31. The lowest BCUT2D eigenvalue weighted by atomic mass is 9.90. The Morgan fingerprint density at radius 3 is 2.93 bits per heavy atom. The number of amides is 1. The Balaban J connectivity index is 2.69. The predicted octanol–water partition coefficient (Wildman–Crippen LogP) is 1.35. The van der Waals surface area contributed by atoms with Crippen LogP contribution < -0.4 is 10.6 Å². The fourth-order valence-electron chi connectivity index (χ4n) is 1.73. The highest BCUT2D eigenvalue weighted by atomic mass is 32.1. The van der Waals surface area contributed by atoms with Gasteiger partial charge in [-0.3, -0.25) is 4.79 Å². The van der Waals surface area contributed by atoms with Crippen LogP contribution in [0, 0.1) is 5.92 Å². The summed E-state index contributed by atoms with van der Waals surface area (Å²) >= 11 is 4.94. The van der Waals surface area contributed by atoms with E-state index in [1.165, 1.54) is 0 Å². The Bertz CT molecular complexity index is 253. The second-order valence-corrected chi connectivity index (χ2v) is 3.90. The number of hydrogen-bond acceptors (Lipinski definition) is 2. The molecular formula is C10H16N2OS. The Labute approximate surface area is 89.9 Å². The maximum absolute atomic E-state index is 11.6. The van der Waals surface area contributed by atoms with Crippen molar-refractivity contribution in [1.82, 2.24) is 10.6 Å². The Kier molecular flexibility index (Phi) is 4.07. The normalized spacial score (nSPS) is 26.6.